The van der Waals surface area contributed by atoms with Crippen molar-refractivity contribution in [3.63, 3.8) is 0 Å². The smallest absolute Gasteiger partial charge is 0.358 e. The molecule has 2 rings (SSSR count). The van der Waals surface area contributed by atoms with E-state index in [-0.39, 0.29) is 5.69 Å². The van der Waals surface area contributed by atoms with Gasteiger partial charge < -0.3 is 10.0 Å². The van der Waals surface area contributed by atoms with Gasteiger partial charge in [0.15, 0.2) is 5.69 Å². The van der Waals surface area contributed by atoms with E-state index >= 15 is 0 Å². The van der Waals surface area contributed by atoms with Crippen molar-refractivity contribution in [3.8, 4) is 0 Å². The molecule has 1 fully saturated rings. The minimum atomic E-state index is -0.983. The number of likely N-dealkylation sites (tertiary alicyclic amines) is 1. The summed E-state index contributed by atoms with van der Waals surface area (Å²) in [6.45, 7) is 8.07. The lowest BCUT2D eigenvalue weighted by Crippen LogP contribution is -2.25. The topological polar surface area (TPSA) is 71.2 Å². The van der Waals surface area contributed by atoms with Crippen LogP contribution < -0.4 is 0 Å². The van der Waals surface area contributed by atoms with E-state index in [1.54, 1.807) is 4.68 Å². The lowest BCUT2D eigenvalue weighted by atomic mass is 10.1. The molecule has 0 amide bonds. The molecule has 0 saturated carbocycles. The molecule has 2 heterocycles. The van der Waals surface area contributed by atoms with Crippen LogP contribution in [0.3, 0.4) is 0 Å². The third-order valence-corrected chi connectivity index (χ3v) is 3.47. The van der Waals surface area contributed by atoms with E-state index in [1.165, 1.54) is 12.8 Å². The van der Waals surface area contributed by atoms with Crippen molar-refractivity contribution in [1.29, 1.82) is 0 Å². The van der Waals surface area contributed by atoms with Gasteiger partial charge in [0, 0.05) is 6.54 Å². The Kier molecular flexibility index (Phi) is 4.52. The third kappa shape index (κ3) is 3.53. The first-order chi connectivity index (χ1) is 9.08. The molecule has 6 nitrogen and oxygen atoms in total. The Hall–Kier alpha value is -1.43. The highest BCUT2D eigenvalue weighted by Gasteiger charge is 2.20. The van der Waals surface area contributed by atoms with Crippen LogP contribution in [0.5, 0.6) is 0 Å². The van der Waals surface area contributed by atoms with Gasteiger partial charge in [-0.1, -0.05) is 19.1 Å². The first-order valence-corrected chi connectivity index (χ1v) is 6.96. The molecule has 0 bridgehead atoms. The molecule has 1 aliphatic rings. The maximum atomic E-state index is 11.2. The van der Waals surface area contributed by atoms with Crippen molar-refractivity contribution in [2.45, 2.75) is 39.7 Å². The van der Waals surface area contributed by atoms with E-state index < -0.39 is 5.97 Å². The molecular weight excluding hydrogens is 244 g/mol. The van der Waals surface area contributed by atoms with Crippen LogP contribution in [0.4, 0.5) is 0 Å². The van der Waals surface area contributed by atoms with Gasteiger partial charge in [-0.15, -0.1) is 5.10 Å². The van der Waals surface area contributed by atoms with Gasteiger partial charge in [-0.25, -0.2) is 9.48 Å². The SMILES string of the molecule is CC(C)Cc1c(C(=O)O)nnn1CCN1CCCC1. The largest absolute Gasteiger partial charge is 0.476 e. The molecule has 0 unspecified atom stereocenters. The van der Waals surface area contributed by atoms with Crippen molar-refractivity contribution in [1.82, 2.24) is 19.9 Å². The molecule has 1 aromatic heterocycles. The highest BCUT2D eigenvalue weighted by atomic mass is 16.4. The highest BCUT2D eigenvalue weighted by Crippen LogP contribution is 2.13. The summed E-state index contributed by atoms with van der Waals surface area (Å²) in [6, 6.07) is 0. The van der Waals surface area contributed by atoms with E-state index in [2.05, 4.69) is 29.1 Å². The zero-order valence-corrected chi connectivity index (χ0v) is 11.7. The minimum absolute atomic E-state index is 0.107. The average Bonchev–Trinajstić information content (AvgIpc) is 2.94. The fraction of sp³-hybridized carbons (Fsp3) is 0.769. The zero-order valence-electron chi connectivity index (χ0n) is 11.7. The van der Waals surface area contributed by atoms with Crippen LogP contribution >= 0.6 is 0 Å². The molecule has 1 saturated heterocycles. The zero-order chi connectivity index (χ0) is 13.8. The third-order valence-electron chi connectivity index (χ3n) is 3.47. The van der Waals surface area contributed by atoms with Crippen molar-refractivity contribution in [2.75, 3.05) is 19.6 Å². The van der Waals surface area contributed by atoms with Gasteiger partial charge in [-0.05, 0) is 38.3 Å². The van der Waals surface area contributed by atoms with Crippen LogP contribution in [0.25, 0.3) is 0 Å². The summed E-state index contributed by atoms with van der Waals surface area (Å²) >= 11 is 0. The first kappa shape index (κ1) is 14.0. The van der Waals surface area contributed by atoms with Gasteiger partial charge in [0.2, 0.25) is 0 Å². The van der Waals surface area contributed by atoms with Crippen LogP contribution in [0.1, 0.15) is 42.9 Å². The van der Waals surface area contributed by atoms with Gasteiger partial charge >= 0.3 is 5.97 Å². The summed E-state index contributed by atoms with van der Waals surface area (Å²) in [7, 11) is 0. The Morgan fingerprint density at radius 2 is 2.00 bits per heavy atom. The number of carboxylic acid groups (broad SMARTS) is 1. The van der Waals surface area contributed by atoms with Crippen molar-refractivity contribution in [2.24, 2.45) is 5.92 Å². The van der Waals surface area contributed by atoms with E-state index in [0.29, 0.717) is 12.3 Å². The number of hydrogen-bond donors (Lipinski definition) is 1. The van der Waals surface area contributed by atoms with Crippen molar-refractivity contribution >= 4 is 5.97 Å². The minimum Gasteiger partial charge on any atom is -0.476 e. The van der Waals surface area contributed by atoms with Gasteiger partial charge in [-0.2, -0.15) is 0 Å². The fourth-order valence-electron chi connectivity index (χ4n) is 2.51. The van der Waals surface area contributed by atoms with Gasteiger partial charge in [-0.3, -0.25) is 0 Å². The highest BCUT2D eigenvalue weighted by molar-refractivity contribution is 5.86. The molecular formula is C13H22N4O2. The summed E-state index contributed by atoms with van der Waals surface area (Å²) in [5.41, 5.74) is 0.858. The number of carboxylic acids is 1. The summed E-state index contributed by atoms with van der Waals surface area (Å²) in [5.74, 6) is -0.592. The molecule has 6 heteroatoms. The molecule has 0 spiro atoms. The number of hydrogen-bond acceptors (Lipinski definition) is 4. The summed E-state index contributed by atoms with van der Waals surface area (Å²) < 4.78 is 1.77. The fourth-order valence-corrected chi connectivity index (χ4v) is 2.51. The second-order valence-corrected chi connectivity index (χ2v) is 5.56. The number of aromatic carboxylic acids is 1. The predicted octanol–water partition coefficient (Wildman–Crippen LogP) is 1.27. The van der Waals surface area contributed by atoms with Crippen LogP contribution in [0.15, 0.2) is 0 Å². The molecule has 106 valence electrons. The Morgan fingerprint density at radius 1 is 1.32 bits per heavy atom. The van der Waals surface area contributed by atoms with Gasteiger partial charge in [0.25, 0.3) is 0 Å². The Labute approximate surface area is 113 Å². The molecule has 19 heavy (non-hydrogen) atoms. The van der Waals surface area contributed by atoms with Crippen LogP contribution in [-0.4, -0.2) is 50.6 Å². The average molecular weight is 266 g/mol. The Morgan fingerprint density at radius 3 is 2.58 bits per heavy atom. The lowest BCUT2D eigenvalue weighted by Gasteiger charge is -2.15. The second-order valence-electron chi connectivity index (χ2n) is 5.56. The monoisotopic (exact) mass is 266 g/mol. The summed E-state index contributed by atoms with van der Waals surface area (Å²) in [5, 5.41) is 17.0. The first-order valence-electron chi connectivity index (χ1n) is 6.96. The molecule has 1 N–H and O–H groups in total. The van der Waals surface area contributed by atoms with Crippen LogP contribution in [0.2, 0.25) is 0 Å². The van der Waals surface area contributed by atoms with E-state index in [4.69, 9.17) is 5.11 Å². The van der Waals surface area contributed by atoms with Gasteiger partial charge in [0.1, 0.15) is 0 Å². The number of nitrogens with zero attached hydrogens (tertiary/aromatic N) is 4. The second kappa shape index (κ2) is 6.14. The van der Waals surface area contributed by atoms with Gasteiger partial charge in [0.05, 0.1) is 12.2 Å². The maximum absolute atomic E-state index is 11.2. The molecule has 0 atom stereocenters. The Balaban J connectivity index is 2.07. The van der Waals surface area contributed by atoms with E-state index in [1.807, 2.05) is 0 Å². The number of carbonyl (C=O) groups is 1. The van der Waals surface area contributed by atoms with E-state index in [9.17, 15) is 4.79 Å². The molecule has 0 aromatic carbocycles. The lowest BCUT2D eigenvalue weighted by molar-refractivity contribution is 0.0689. The van der Waals surface area contributed by atoms with Crippen LogP contribution in [0, 0.1) is 5.92 Å². The Bertz CT molecular complexity index is 436. The van der Waals surface area contributed by atoms with E-state index in [0.717, 1.165) is 31.9 Å². The quantitative estimate of drug-likeness (QED) is 0.839. The number of rotatable bonds is 6. The van der Waals surface area contributed by atoms with Crippen LogP contribution in [-0.2, 0) is 13.0 Å². The predicted molar refractivity (Wildman–Crippen MR) is 71.2 cm³/mol. The normalized spacial score (nSPS) is 16.4. The molecule has 0 aliphatic carbocycles. The molecule has 1 aliphatic heterocycles. The summed E-state index contributed by atoms with van der Waals surface area (Å²) in [6.07, 6.45) is 3.22. The van der Waals surface area contributed by atoms with Crippen molar-refractivity contribution < 1.29 is 9.90 Å². The van der Waals surface area contributed by atoms with Crippen molar-refractivity contribution in [3.05, 3.63) is 11.4 Å². The maximum Gasteiger partial charge on any atom is 0.358 e. The summed E-state index contributed by atoms with van der Waals surface area (Å²) in [4.78, 5) is 13.5. The molecule has 1 aromatic rings. The number of aromatic nitrogens is 3. The molecule has 0 radical (unpaired) electrons. The standard InChI is InChI=1S/C13H22N4O2/c1-10(2)9-11-12(13(18)19)14-15-17(11)8-7-16-5-3-4-6-16/h10H,3-9H2,1-2H3,(H,18,19).